The van der Waals surface area contributed by atoms with Crippen molar-refractivity contribution < 1.29 is 0 Å². The average molecular weight is 248 g/mol. The van der Waals surface area contributed by atoms with Crippen LogP contribution in [0.5, 0.6) is 0 Å². The van der Waals surface area contributed by atoms with Crippen molar-refractivity contribution in [3.8, 4) is 0 Å². The Hall–Kier alpha value is -0.860. The molecule has 0 spiro atoms. The van der Waals surface area contributed by atoms with E-state index in [9.17, 15) is 0 Å². The topological polar surface area (TPSA) is 0 Å². The van der Waals surface area contributed by atoms with E-state index in [1.54, 1.807) is 0 Å². The quantitative estimate of drug-likeness (QED) is 0.474. The molecule has 0 N–H and O–H groups in total. The number of aryl methyl sites for hydroxylation is 2. The highest BCUT2D eigenvalue weighted by Crippen LogP contribution is 2.33. The number of hydrogen-bond acceptors (Lipinski definition) is 2. The van der Waals surface area contributed by atoms with Crippen LogP contribution < -0.4 is 0 Å². The van der Waals surface area contributed by atoms with E-state index in [1.165, 1.54) is 29.9 Å². The van der Waals surface area contributed by atoms with Gasteiger partial charge in [-0.05, 0) is 48.9 Å². The molecule has 16 heavy (non-hydrogen) atoms. The van der Waals surface area contributed by atoms with E-state index in [0.29, 0.717) is 0 Å². The number of benzene rings is 1. The Bertz CT molecular complexity index is 511. The fraction of sp³-hybridized carbons (Fsp3) is 0.286. The minimum atomic E-state index is 1.39. The summed E-state index contributed by atoms with van der Waals surface area (Å²) < 4.78 is 2.82. The molecule has 0 fully saturated rings. The van der Waals surface area contributed by atoms with Crippen LogP contribution in [-0.4, -0.2) is 0 Å². The maximum absolute atomic E-state index is 2.31. The zero-order valence-electron chi connectivity index (χ0n) is 10.1. The zero-order valence-corrected chi connectivity index (χ0v) is 11.8. The molecule has 0 amide bonds. The van der Waals surface area contributed by atoms with Gasteiger partial charge in [0.15, 0.2) is 0 Å². The first-order chi connectivity index (χ1) is 7.72. The maximum Gasteiger partial charge on any atom is 0.0352 e. The molecule has 2 heterocycles. The van der Waals surface area contributed by atoms with Crippen LogP contribution in [0.1, 0.15) is 23.6 Å². The smallest absolute Gasteiger partial charge is 0.0352 e. The van der Waals surface area contributed by atoms with Crippen LogP contribution in [0.2, 0.25) is 0 Å². The Labute approximate surface area is 105 Å². The van der Waals surface area contributed by atoms with Crippen molar-refractivity contribution in [2.24, 2.45) is 0 Å². The van der Waals surface area contributed by atoms with Gasteiger partial charge in [0.25, 0.3) is 0 Å². The van der Waals surface area contributed by atoms with Crippen LogP contribution in [0.4, 0.5) is 0 Å². The lowest BCUT2D eigenvalue weighted by atomic mass is 10.2. The monoisotopic (exact) mass is 248 g/mol. The zero-order chi connectivity index (χ0) is 11.7. The van der Waals surface area contributed by atoms with Gasteiger partial charge >= 0.3 is 0 Å². The molecule has 0 saturated heterocycles. The molecule has 0 atom stereocenters. The van der Waals surface area contributed by atoms with Crippen LogP contribution in [-0.2, 0) is 0 Å². The molecule has 0 radical (unpaired) electrons. The Morgan fingerprint density at radius 2 is 1.06 bits per heavy atom. The number of rotatable bonds is 0. The highest BCUT2D eigenvalue weighted by Gasteiger charge is 2.03. The summed E-state index contributed by atoms with van der Waals surface area (Å²) in [5, 5.41) is 2.78. The lowest BCUT2D eigenvalue weighted by molar-refractivity contribution is 1.50. The SMILES string of the molecule is CC.Cc1cc2cc3sc(C)cc3cc2s1. The summed E-state index contributed by atoms with van der Waals surface area (Å²) in [5.74, 6) is 0. The van der Waals surface area contributed by atoms with Crippen molar-refractivity contribution in [1.29, 1.82) is 0 Å². The summed E-state index contributed by atoms with van der Waals surface area (Å²) in [4.78, 5) is 2.80. The summed E-state index contributed by atoms with van der Waals surface area (Å²) in [6, 6.07) is 9.17. The highest BCUT2D eigenvalue weighted by atomic mass is 32.1. The molecule has 0 bridgehead atoms. The Morgan fingerprint density at radius 1 is 0.688 bits per heavy atom. The first-order valence-corrected chi connectivity index (χ1v) is 7.26. The molecule has 1 aromatic carbocycles. The molecule has 2 aromatic heterocycles. The molecular formula is C14H16S2. The van der Waals surface area contributed by atoms with E-state index in [0.717, 1.165) is 0 Å². The largest absolute Gasteiger partial charge is 0.141 e. The molecule has 84 valence electrons. The standard InChI is InChI=1S/C12H10S2.C2H6/c1-7-3-9-5-12-10(4-8(2)14-12)6-11(9)13-7;1-2/h3-6H,1-2H3;1-2H3. The first kappa shape index (κ1) is 11.6. The van der Waals surface area contributed by atoms with Crippen molar-refractivity contribution in [2.45, 2.75) is 27.7 Å². The van der Waals surface area contributed by atoms with E-state index in [4.69, 9.17) is 0 Å². The Kier molecular flexibility index (Phi) is 3.31. The summed E-state index contributed by atoms with van der Waals surface area (Å²) in [5.41, 5.74) is 0. The van der Waals surface area contributed by atoms with Crippen molar-refractivity contribution in [1.82, 2.24) is 0 Å². The molecule has 0 aliphatic heterocycles. The van der Waals surface area contributed by atoms with Crippen molar-refractivity contribution >= 4 is 42.8 Å². The predicted octanol–water partition coefficient (Wildman–Crippen LogP) is 5.76. The average Bonchev–Trinajstić information content (AvgIpc) is 2.76. The summed E-state index contributed by atoms with van der Waals surface area (Å²) in [6.45, 7) is 8.34. The van der Waals surface area contributed by atoms with E-state index < -0.39 is 0 Å². The van der Waals surface area contributed by atoms with Gasteiger partial charge in [0.1, 0.15) is 0 Å². The Morgan fingerprint density at radius 3 is 1.44 bits per heavy atom. The molecular weight excluding hydrogens is 232 g/mol. The van der Waals surface area contributed by atoms with E-state index >= 15 is 0 Å². The molecule has 0 aliphatic rings. The van der Waals surface area contributed by atoms with Gasteiger partial charge in [-0.3, -0.25) is 0 Å². The van der Waals surface area contributed by atoms with E-state index in [-0.39, 0.29) is 0 Å². The van der Waals surface area contributed by atoms with Gasteiger partial charge in [-0.25, -0.2) is 0 Å². The van der Waals surface area contributed by atoms with E-state index in [2.05, 4.69) is 38.1 Å². The molecule has 0 unspecified atom stereocenters. The second-order valence-corrected chi connectivity index (χ2v) is 6.22. The lowest BCUT2D eigenvalue weighted by Crippen LogP contribution is -1.62. The summed E-state index contributed by atoms with van der Waals surface area (Å²) >= 11 is 3.76. The van der Waals surface area contributed by atoms with E-state index in [1.807, 2.05) is 36.5 Å². The number of fused-ring (bicyclic) bond motifs is 2. The molecule has 3 aromatic rings. The normalized spacial score (nSPS) is 10.5. The van der Waals surface area contributed by atoms with Crippen molar-refractivity contribution in [2.75, 3.05) is 0 Å². The van der Waals surface area contributed by atoms with Crippen LogP contribution in [0, 0.1) is 13.8 Å². The third kappa shape index (κ3) is 2.00. The van der Waals surface area contributed by atoms with Crippen LogP contribution in [0.15, 0.2) is 24.3 Å². The number of hydrogen-bond donors (Lipinski definition) is 0. The molecule has 0 nitrogen and oxygen atoms in total. The van der Waals surface area contributed by atoms with Crippen molar-refractivity contribution in [3.05, 3.63) is 34.0 Å². The maximum atomic E-state index is 2.31. The van der Waals surface area contributed by atoms with Gasteiger partial charge < -0.3 is 0 Å². The molecule has 0 saturated carbocycles. The van der Waals surface area contributed by atoms with Gasteiger partial charge in [-0.2, -0.15) is 0 Å². The second-order valence-electron chi connectivity index (χ2n) is 3.64. The van der Waals surface area contributed by atoms with Crippen molar-refractivity contribution in [3.63, 3.8) is 0 Å². The molecule has 0 aliphatic carbocycles. The van der Waals surface area contributed by atoms with Crippen LogP contribution in [0.25, 0.3) is 20.2 Å². The van der Waals surface area contributed by atoms with Crippen LogP contribution in [0.3, 0.4) is 0 Å². The Balaban J connectivity index is 0.000000457. The summed E-state index contributed by atoms with van der Waals surface area (Å²) in [6.07, 6.45) is 0. The lowest BCUT2D eigenvalue weighted by Gasteiger charge is -1.89. The van der Waals surface area contributed by atoms with Gasteiger partial charge in [0.05, 0.1) is 0 Å². The first-order valence-electron chi connectivity index (χ1n) is 5.63. The second kappa shape index (κ2) is 4.56. The van der Waals surface area contributed by atoms with Gasteiger partial charge in [0.2, 0.25) is 0 Å². The number of thiophene rings is 2. The minimum absolute atomic E-state index is 1.39. The van der Waals surface area contributed by atoms with Gasteiger partial charge in [-0.1, -0.05) is 13.8 Å². The molecule has 2 heteroatoms. The fourth-order valence-electron chi connectivity index (χ4n) is 1.84. The van der Waals surface area contributed by atoms with Gasteiger partial charge in [0, 0.05) is 19.2 Å². The third-order valence-electron chi connectivity index (χ3n) is 2.40. The predicted molar refractivity (Wildman–Crippen MR) is 78.0 cm³/mol. The third-order valence-corrected chi connectivity index (χ3v) is 4.43. The molecule has 3 rings (SSSR count). The highest BCUT2D eigenvalue weighted by molar-refractivity contribution is 7.20. The fourth-order valence-corrected chi connectivity index (χ4v) is 3.75. The van der Waals surface area contributed by atoms with Crippen LogP contribution >= 0.6 is 22.7 Å². The van der Waals surface area contributed by atoms with Gasteiger partial charge in [-0.15, -0.1) is 22.7 Å². The summed E-state index contributed by atoms with van der Waals surface area (Å²) in [7, 11) is 0. The minimum Gasteiger partial charge on any atom is -0.141 e.